The monoisotopic (exact) mass is 441 g/mol. The van der Waals surface area contributed by atoms with Crippen molar-refractivity contribution in [2.75, 3.05) is 18.5 Å². The van der Waals surface area contributed by atoms with Crippen molar-refractivity contribution >= 4 is 28.5 Å². The number of thiazole rings is 1. The van der Waals surface area contributed by atoms with Gasteiger partial charge in [-0.2, -0.15) is 26.3 Å². The smallest absolute Gasteiger partial charge is 0.422 e. The van der Waals surface area contributed by atoms with Crippen LogP contribution in [0.15, 0.2) is 29.6 Å². The number of nitrogens with zero attached hydrogens (tertiary/aromatic N) is 1. The number of nitrogens with one attached hydrogen (secondary N) is 2. The lowest BCUT2D eigenvalue weighted by Gasteiger charge is -2.08. The summed E-state index contributed by atoms with van der Waals surface area (Å²) in [5.74, 6) is -0.605. The zero-order valence-electron chi connectivity index (χ0n) is 14.4. The molecule has 29 heavy (non-hydrogen) atoms. The summed E-state index contributed by atoms with van der Waals surface area (Å²) in [4.78, 5) is 26.8. The van der Waals surface area contributed by atoms with Gasteiger partial charge in [-0.25, -0.2) is 9.78 Å². The number of alkyl carbamates (subject to hydrolysis) is 1. The number of rotatable bonds is 6. The molecule has 0 saturated carbocycles. The Labute approximate surface area is 163 Å². The molecule has 2 N–H and O–H groups in total. The first-order valence-corrected chi connectivity index (χ1v) is 8.72. The van der Waals surface area contributed by atoms with E-state index in [4.69, 9.17) is 0 Å². The number of aromatic nitrogens is 1. The minimum atomic E-state index is -4.66. The lowest BCUT2D eigenvalue weighted by Crippen LogP contribution is -2.31. The number of ether oxygens (including phenoxy) is 1. The summed E-state index contributed by atoms with van der Waals surface area (Å²) in [5, 5.41) is 5.93. The molecule has 2 rings (SSSR count). The van der Waals surface area contributed by atoms with E-state index in [2.05, 4.69) is 15.0 Å². The average molecular weight is 441 g/mol. The van der Waals surface area contributed by atoms with Crippen molar-refractivity contribution in [2.45, 2.75) is 18.8 Å². The third-order valence-electron chi connectivity index (χ3n) is 3.22. The second kappa shape index (κ2) is 9.11. The molecule has 0 saturated heterocycles. The van der Waals surface area contributed by atoms with Gasteiger partial charge in [-0.3, -0.25) is 4.79 Å². The van der Waals surface area contributed by atoms with Gasteiger partial charge >= 0.3 is 18.4 Å². The summed E-state index contributed by atoms with van der Waals surface area (Å²) in [6.45, 7) is -2.03. The van der Waals surface area contributed by atoms with E-state index in [1.54, 1.807) is 0 Å². The highest BCUT2D eigenvalue weighted by Gasteiger charge is 2.31. The number of anilines is 1. The molecule has 1 heterocycles. The van der Waals surface area contributed by atoms with E-state index in [0.29, 0.717) is 0 Å². The van der Waals surface area contributed by atoms with E-state index in [0.717, 1.165) is 23.5 Å². The van der Waals surface area contributed by atoms with Crippen molar-refractivity contribution in [3.63, 3.8) is 0 Å². The van der Waals surface area contributed by atoms with Crippen molar-refractivity contribution in [2.24, 2.45) is 0 Å². The van der Waals surface area contributed by atoms with Crippen LogP contribution in [0.2, 0.25) is 0 Å². The van der Waals surface area contributed by atoms with Crippen LogP contribution in [-0.4, -0.2) is 36.3 Å². The van der Waals surface area contributed by atoms with Crippen LogP contribution in [0.1, 0.15) is 12.0 Å². The molecular formula is C16H13F6N3O3S. The van der Waals surface area contributed by atoms with E-state index in [1.807, 2.05) is 5.32 Å². The summed E-state index contributed by atoms with van der Waals surface area (Å²) < 4.78 is 77.9. The average Bonchev–Trinajstić information content (AvgIpc) is 3.07. The Bertz CT molecular complexity index is 866. The molecule has 2 aromatic rings. The quantitative estimate of drug-likeness (QED) is 0.650. The predicted molar refractivity (Wildman–Crippen MR) is 91.2 cm³/mol. The second-order valence-corrected chi connectivity index (χ2v) is 6.39. The Balaban J connectivity index is 1.84. The molecule has 0 spiro atoms. The highest BCUT2D eigenvalue weighted by molar-refractivity contribution is 7.14. The maximum absolute atomic E-state index is 12.8. The Hall–Kier alpha value is -2.83. The Morgan fingerprint density at radius 2 is 1.86 bits per heavy atom. The first-order chi connectivity index (χ1) is 13.4. The molecule has 158 valence electrons. The molecule has 0 aliphatic heterocycles. The predicted octanol–water partition coefficient (Wildman–Crippen LogP) is 4.45. The molecular weight excluding hydrogens is 428 g/mol. The number of carbonyl (C=O) groups excluding carboxylic acids is 2. The van der Waals surface area contributed by atoms with Gasteiger partial charge in [-0.15, -0.1) is 11.3 Å². The second-order valence-electron chi connectivity index (χ2n) is 5.53. The Morgan fingerprint density at radius 1 is 1.14 bits per heavy atom. The number of benzene rings is 1. The van der Waals surface area contributed by atoms with E-state index in [-0.39, 0.29) is 29.4 Å². The Kier molecular flexibility index (Phi) is 7.06. The number of hydrogen-bond acceptors (Lipinski definition) is 5. The van der Waals surface area contributed by atoms with Crippen LogP contribution in [0, 0.1) is 0 Å². The normalized spacial score (nSPS) is 11.8. The molecule has 13 heteroatoms. The standard InChI is InChI=1S/C16H13F6N3O3S/c17-15(18,19)8-28-14(27)23-5-4-12(26)25-13-24-11(7-29-13)9-2-1-3-10(6-9)16(20,21)22/h1-3,6-7H,4-5,8H2,(H,23,27)(H,24,25,26). The van der Waals surface area contributed by atoms with Gasteiger partial charge in [0.1, 0.15) is 0 Å². The molecule has 0 fully saturated rings. The van der Waals surface area contributed by atoms with Crippen molar-refractivity contribution in [1.29, 1.82) is 0 Å². The molecule has 6 nitrogen and oxygen atoms in total. The van der Waals surface area contributed by atoms with Crippen LogP contribution in [-0.2, 0) is 15.7 Å². The zero-order valence-corrected chi connectivity index (χ0v) is 15.2. The molecule has 0 atom stereocenters. The van der Waals surface area contributed by atoms with Gasteiger partial charge in [0.15, 0.2) is 11.7 Å². The molecule has 0 radical (unpaired) electrons. The van der Waals surface area contributed by atoms with Gasteiger partial charge in [0, 0.05) is 23.9 Å². The van der Waals surface area contributed by atoms with Crippen LogP contribution < -0.4 is 10.6 Å². The van der Waals surface area contributed by atoms with E-state index in [9.17, 15) is 35.9 Å². The molecule has 0 aliphatic rings. The lowest BCUT2D eigenvalue weighted by molar-refractivity contribution is -0.160. The van der Waals surface area contributed by atoms with Crippen LogP contribution >= 0.6 is 11.3 Å². The SMILES string of the molecule is O=C(CCNC(=O)OCC(F)(F)F)Nc1nc(-c2cccc(C(F)(F)F)c2)cs1. The van der Waals surface area contributed by atoms with E-state index >= 15 is 0 Å². The van der Waals surface area contributed by atoms with Gasteiger partial charge < -0.3 is 15.4 Å². The highest BCUT2D eigenvalue weighted by Crippen LogP contribution is 2.33. The van der Waals surface area contributed by atoms with Crippen molar-refractivity contribution in [3.8, 4) is 11.3 Å². The van der Waals surface area contributed by atoms with Crippen molar-refractivity contribution in [1.82, 2.24) is 10.3 Å². The number of carbonyl (C=O) groups is 2. The molecule has 1 aromatic heterocycles. The first-order valence-electron chi connectivity index (χ1n) is 7.84. The largest absolute Gasteiger partial charge is 0.440 e. The first kappa shape index (κ1) is 22.5. The molecule has 1 aromatic carbocycles. The summed E-state index contributed by atoms with van der Waals surface area (Å²) in [5.41, 5.74) is -0.395. The van der Waals surface area contributed by atoms with Gasteiger partial charge in [-0.05, 0) is 12.1 Å². The fourth-order valence-corrected chi connectivity index (χ4v) is 2.71. The van der Waals surface area contributed by atoms with Gasteiger partial charge in [0.2, 0.25) is 5.91 Å². The van der Waals surface area contributed by atoms with Crippen molar-refractivity contribution in [3.05, 3.63) is 35.2 Å². The Morgan fingerprint density at radius 3 is 2.52 bits per heavy atom. The van der Waals surface area contributed by atoms with E-state index < -0.39 is 36.5 Å². The summed E-state index contributed by atoms with van der Waals surface area (Å²) in [6.07, 6.45) is -10.8. The number of hydrogen-bond donors (Lipinski definition) is 2. The minimum absolute atomic E-state index is 0.113. The third kappa shape index (κ3) is 7.60. The number of alkyl halides is 6. The maximum Gasteiger partial charge on any atom is 0.422 e. The van der Waals surface area contributed by atoms with Crippen LogP contribution in [0.3, 0.4) is 0 Å². The van der Waals surface area contributed by atoms with E-state index in [1.165, 1.54) is 17.5 Å². The van der Waals surface area contributed by atoms with Crippen LogP contribution in [0.5, 0.6) is 0 Å². The summed E-state index contributed by atoms with van der Waals surface area (Å²) in [7, 11) is 0. The highest BCUT2D eigenvalue weighted by atomic mass is 32.1. The number of amides is 2. The number of halogens is 6. The van der Waals surface area contributed by atoms with Gasteiger partial charge in [0.25, 0.3) is 0 Å². The van der Waals surface area contributed by atoms with Crippen molar-refractivity contribution < 1.29 is 40.7 Å². The summed E-state index contributed by atoms with van der Waals surface area (Å²) in [6, 6.07) is 4.52. The van der Waals surface area contributed by atoms with Gasteiger partial charge in [0.05, 0.1) is 11.3 Å². The third-order valence-corrected chi connectivity index (χ3v) is 3.98. The maximum atomic E-state index is 12.8. The zero-order chi connectivity index (χ0) is 21.7. The molecule has 2 amide bonds. The molecule has 0 bridgehead atoms. The van der Waals surface area contributed by atoms with Crippen LogP contribution in [0.4, 0.5) is 36.3 Å². The van der Waals surface area contributed by atoms with Gasteiger partial charge in [-0.1, -0.05) is 12.1 Å². The molecule has 0 aliphatic carbocycles. The fourth-order valence-electron chi connectivity index (χ4n) is 1.98. The lowest BCUT2D eigenvalue weighted by atomic mass is 10.1. The molecule has 0 unspecified atom stereocenters. The summed E-state index contributed by atoms with van der Waals surface area (Å²) >= 11 is 0.975. The minimum Gasteiger partial charge on any atom is -0.440 e. The topological polar surface area (TPSA) is 80.3 Å². The van der Waals surface area contributed by atoms with Crippen LogP contribution in [0.25, 0.3) is 11.3 Å². The fraction of sp³-hybridized carbons (Fsp3) is 0.312.